The first-order chi connectivity index (χ1) is 4.24. The van der Waals surface area contributed by atoms with Crippen LogP contribution < -0.4 is 0 Å². The van der Waals surface area contributed by atoms with Crippen molar-refractivity contribution >= 4 is 11.6 Å². The van der Waals surface area contributed by atoms with Crippen molar-refractivity contribution in [3.63, 3.8) is 0 Å². The van der Waals surface area contributed by atoms with Crippen molar-refractivity contribution < 1.29 is 9.59 Å². The van der Waals surface area contributed by atoms with E-state index in [9.17, 15) is 9.59 Å². The third-order valence-electron chi connectivity index (χ3n) is 1.75. The molecular formula is C7H10O2. The summed E-state index contributed by atoms with van der Waals surface area (Å²) in [5.74, 6) is 0.568. The second kappa shape index (κ2) is 2.29. The van der Waals surface area contributed by atoms with Crippen LogP contribution >= 0.6 is 0 Å². The first-order valence-electron chi connectivity index (χ1n) is 3.28. The first kappa shape index (κ1) is 6.46. The fourth-order valence-electron chi connectivity index (χ4n) is 1.01. The molecule has 0 saturated heterocycles. The molecule has 0 spiro atoms. The molecular weight excluding hydrogens is 116 g/mol. The van der Waals surface area contributed by atoms with Gasteiger partial charge in [0.25, 0.3) is 0 Å². The van der Waals surface area contributed by atoms with Crippen LogP contribution in [0.15, 0.2) is 0 Å². The van der Waals surface area contributed by atoms with Gasteiger partial charge in [0.1, 0.15) is 11.6 Å². The van der Waals surface area contributed by atoms with Gasteiger partial charge in [0.15, 0.2) is 0 Å². The maximum atomic E-state index is 10.8. The van der Waals surface area contributed by atoms with Crippen LogP contribution in [0.1, 0.15) is 26.2 Å². The smallest absolute Gasteiger partial charge is 0.136 e. The monoisotopic (exact) mass is 126 g/mol. The Morgan fingerprint density at radius 3 is 2.56 bits per heavy atom. The second-order valence-corrected chi connectivity index (χ2v) is 2.46. The molecule has 0 radical (unpaired) electrons. The van der Waals surface area contributed by atoms with Crippen LogP contribution in [0.5, 0.6) is 0 Å². The summed E-state index contributed by atoms with van der Waals surface area (Å²) >= 11 is 0. The van der Waals surface area contributed by atoms with E-state index in [1.54, 1.807) is 0 Å². The summed E-state index contributed by atoms with van der Waals surface area (Å²) in [4.78, 5) is 21.2. The zero-order chi connectivity index (χ0) is 6.85. The van der Waals surface area contributed by atoms with E-state index >= 15 is 0 Å². The maximum absolute atomic E-state index is 10.8. The van der Waals surface area contributed by atoms with Crippen LogP contribution in [0, 0.1) is 5.92 Å². The highest BCUT2D eigenvalue weighted by Gasteiger charge is 2.30. The third-order valence-corrected chi connectivity index (χ3v) is 1.75. The molecule has 0 amide bonds. The van der Waals surface area contributed by atoms with Gasteiger partial charge in [-0.15, -0.1) is 0 Å². The van der Waals surface area contributed by atoms with Gasteiger partial charge in [-0.2, -0.15) is 0 Å². The van der Waals surface area contributed by atoms with Crippen LogP contribution in [0.2, 0.25) is 0 Å². The van der Waals surface area contributed by atoms with Crippen molar-refractivity contribution in [3.8, 4) is 0 Å². The van der Waals surface area contributed by atoms with Crippen molar-refractivity contribution in [1.29, 1.82) is 0 Å². The highest BCUT2D eigenvalue weighted by Crippen LogP contribution is 2.24. The second-order valence-electron chi connectivity index (χ2n) is 2.46. The minimum Gasteiger partial charge on any atom is -0.300 e. The number of carbonyl (C=O) groups excluding carboxylic acids is 2. The topological polar surface area (TPSA) is 34.1 Å². The molecule has 0 aromatic rings. The van der Waals surface area contributed by atoms with Gasteiger partial charge in [0.2, 0.25) is 0 Å². The summed E-state index contributed by atoms with van der Waals surface area (Å²) in [7, 11) is 0. The van der Waals surface area contributed by atoms with Crippen LogP contribution in [-0.4, -0.2) is 11.6 Å². The van der Waals surface area contributed by atoms with Crippen LogP contribution in [0.25, 0.3) is 0 Å². The molecule has 0 heterocycles. The largest absolute Gasteiger partial charge is 0.300 e. The quantitative estimate of drug-likeness (QED) is 0.552. The number of carbonyl (C=O) groups is 2. The molecule has 2 heteroatoms. The SMILES string of the molecule is CCC(=O)C1CC(=O)C1. The number of rotatable bonds is 2. The van der Waals surface area contributed by atoms with Crippen LogP contribution in [-0.2, 0) is 9.59 Å². The molecule has 50 valence electrons. The van der Waals surface area contributed by atoms with Gasteiger partial charge in [0, 0.05) is 25.2 Å². The lowest BCUT2D eigenvalue weighted by atomic mass is 9.80. The van der Waals surface area contributed by atoms with Gasteiger partial charge in [-0.05, 0) is 0 Å². The lowest BCUT2D eigenvalue weighted by Crippen LogP contribution is -2.29. The summed E-state index contributed by atoms with van der Waals surface area (Å²) in [6, 6.07) is 0. The van der Waals surface area contributed by atoms with E-state index in [0.717, 1.165) is 0 Å². The average Bonchev–Trinajstić information content (AvgIpc) is 1.79. The molecule has 0 bridgehead atoms. The molecule has 9 heavy (non-hydrogen) atoms. The van der Waals surface area contributed by atoms with Crippen molar-refractivity contribution in [3.05, 3.63) is 0 Å². The van der Waals surface area contributed by atoms with Gasteiger partial charge >= 0.3 is 0 Å². The van der Waals surface area contributed by atoms with Gasteiger partial charge in [-0.3, -0.25) is 9.59 Å². The van der Waals surface area contributed by atoms with Crippen molar-refractivity contribution in [2.75, 3.05) is 0 Å². The van der Waals surface area contributed by atoms with Crippen molar-refractivity contribution in [2.45, 2.75) is 26.2 Å². The van der Waals surface area contributed by atoms with Crippen molar-refractivity contribution in [1.82, 2.24) is 0 Å². The maximum Gasteiger partial charge on any atom is 0.136 e. The Morgan fingerprint density at radius 2 is 2.22 bits per heavy atom. The normalized spacial score (nSPS) is 19.4. The summed E-state index contributed by atoms with van der Waals surface area (Å²) in [6.07, 6.45) is 1.59. The van der Waals surface area contributed by atoms with Gasteiger partial charge in [-0.25, -0.2) is 0 Å². The van der Waals surface area contributed by atoms with E-state index in [1.807, 2.05) is 6.92 Å². The number of ketones is 2. The number of hydrogen-bond acceptors (Lipinski definition) is 2. The molecule has 0 aromatic carbocycles. The molecule has 1 fully saturated rings. The highest BCUT2D eigenvalue weighted by atomic mass is 16.1. The molecule has 1 aliphatic rings. The average molecular weight is 126 g/mol. The standard InChI is InChI=1S/C7H10O2/c1-2-7(9)5-3-6(8)4-5/h5H,2-4H2,1H3. The Bertz CT molecular complexity index is 141. The van der Waals surface area contributed by atoms with E-state index < -0.39 is 0 Å². The molecule has 0 atom stereocenters. The van der Waals surface area contributed by atoms with Crippen LogP contribution in [0.4, 0.5) is 0 Å². The fourth-order valence-corrected chi connectivity index (χ4v) is 1.01. The molecule has 2 nitrogen and oxygen atoms in total. The molecule has 1 aliphatic carbocycles. The Labute approximate surface area is 54.2 Å². The van der Waals surface area contributed by atoms with Gasteiger partial charge in [0.05, 0.1) is 0 Å². The Hall–Kier alpha value is -0.660. The Morgan fingerprint density at radius 1 is 1.67 bits per heavy atom. The van der Waals surface area contributed by atoms with Gasteiger partial charge < -0.3 is 0 Å². The highest BCUT2D eigenvalue weighted by molar-refractivity contribution is 5.96. The summed E-state index contributed by atoms with van der Waals surface area (Å²) in [5.41, 5.74) is 0. The fraction of sp³-hybridized carbons (Fsp3) is 0.714. The van der Waals surface area contributed by atoms with E-state index in [4.69, 9.17) is 0 Å². The van der Waals surface area contributed by atoms with E-state index in [1.165, 1.54) is 0 Å². The molecule has 0 unspecified atom stereocenters. The summed E-state index contributed by atoms with van der Waals surface area (Å²) < 4.78 is 0. The summed E-state index contributed by atoms with van der Waals surface area (Å²) in [6.45, 7) is 1.84. The van der Waals surface area contributed by atoms with E-state index in [-0.39, 0.29) is 17.5 Å². The molecule has 1 rings (SSSR count). The Kier molecular flexibility index (Phi) is 1.65. The zero-order valence-corrected chi connectivity index (χ0v) is 5.52. The third kappa shape index (κ3) is 1.18. The predicted molar refractivity (Wildman–Crippen MR) is 33.0 cm³/mol. The van der Waals surface area contributed by atoms with E-state index in [0.29, 0.717) is 19.3 Å². The predicted octanol–water partition coefficient (Wildman–Crippen LogP) is 0.945. The zero-order valence-electron chi connectivity index (χ0n) is 5.52. The minimum absolute atomic E-state index is 0.0856. The van der Waals surface area contributed by atoms with Crippen LogP contribution in [0.3, 0.4) is 0 Å². The number of Topliss-reactive ketones (excluding diaryl/α,β-unsaturated/α-hetero) is 2. The van der Waals surface area contributed by atoms with Crippen molar-refractivity contribution in [2.24, 2.45) is 5.92 Å². The molecule has 0 aliphatic heterocycles. The molecule has 0 aromatic heterocycles. The Balaban J connectivity index is 2.31. The lowest BCUT2D eigenvalue weighted by molar-refractivity contribution is -0.136. The lowest BCUT2D eigenvalue weighted by Gasteiger charge is -2.21. The molecule has 1 saturated carbocycles. The first-order valence-corrected chi connectivity index (χ1v) is 3.28. The summed E-state index contributed by atoms with van der Waals surface area (Å²) in [5, 5.41) is 0. The number of hydrogen-bond donors (Lipinski definition) is 0. The van der Waals surface area contributed by atoms with E-state index in [2.05, 4.69) is 0 Å². The molecule has 0 N–H and O–H groups in total. The van der Waals surface area contributed by atoms with Gasteiger partial charge in [-0.1, -0.05) is 6.92 Å². The minimum atomic E-state index is 0.0856.